The first-order valence-corrected chi connectivity index (χ1v) is 5.87. The number of fused-ring (bicyclic) bond motifs is 1. The third kappa shape index (κ3) is 1.99. The van der Waals surface area contributed by atoms with Gasteiger partial charge >= 0.3 is 0 Å². The molecule has 2 aromatic heterocycles. The molecule has 0 spiro atoms. The largest absolute Gasteiger partial charge is 0.343 e. The van der Waals surface area contributed by atoms with E-state index >= 15 is 0 Å². The summed E-state index contributed by atoms with van der Waals surface area (Å²) >= 11 is 0. The molecule has 0 aliphatic rings. The Labute approximate surface area is 105 Å². The molecule has 0 N–H and O–H groups in total. The Balaban J connectivity index is 2.02. The Bertz CT molecular complexity index is 701. The summed E-state index contributed by atoms with van der Waals surface area (Å²) in [5.41, 5.74) is 3.17. The molecule has 18 heavy (non-hydrogen) atoms. The highest BCUT2D eigenvalue weighted by Gasteiger charge is 2.03. The monoisotopic (exact) mass is 240 g/mol. The number of aromatic nitrogens is 2. The molecular formula is C15H13FN2. The molecule has 0 saturated heterocycles. The lowest BCUT2D eigenvalue weighted by Crippen LogP contribution is -1.99. The minimum Gasteiger partial charge on any atom is -0.343 e. The Hall–Kier alpha value is -2.16. The highest BCUT2D eigenvalue weighted by molar-refractivity contribution is 5.80. The van der Waals surface area contributed by atoms with Gasteiger partial charge in [-0.1, -0.05) is 6.07 Å². The van der Waals surface area contributed by atoms with Crippen LogP contribution in [0, 0.1) is 12.7 Å². The van der Waals surface area contributed by atoms with E-state index in [9.17, 15) is 4.39 Å². The van der Waals surface area contributed by atoms with E-state index in [2.05, 4.69) is 11.1 Å². The molecule has 0 aliphatic carbocycles. The Kier molecular flexibility index (Phi) is 2.59. The summed E-state index contributed by atoms with van der Waals surface area (Å²) in [5, 5.41) is 1.05. The van der Waals surface area contributed by atoms with E-state index in [1.165, 1.54) is 6.07 Å². The Morgan fingerprint density at radius 1 is 1.17 bits per heavy atom. The third-order valence-corrected chi connectivity index (χ3v) is 3.02. The number of benzene rings is 1. The van der Waals surface area contributed by atoms with Gasteiger partial charge in [-0.05, 0) is 47.7 Å². The summed E-state index contributed by atoms with van der Waals surface area (Å²) < 4.78 is 15.3. The van der Waals surface area contributed by atoms with E-state index in [0.29, 0.717) is 6.54 Å². The lowest BCUT2D eigenvalue weighted by molar-refractivity contribution is 0.628. The van der Waals surface area contributed by atoms with Crippen molar-refractivity contribution in [1.82, 2.24) is 9.55 Å². The second-order valence-corrected chi connectivity index (χ2v) is 4.52. The van der Waals surface area contributed by atoms with E-state index in [0.717, 1.165) is 22.0 Å². The summed E-state index contributed by atoms with van der Waals surface area (Å²) in [6, 6.07) is 8.95. The predicted octanol–water partition coefficient (Wildman–Crippen LogP) is 3.53. The van der Waals surface area contributed by atoms with E-state index in [1.807, 2.05) is 36.1 Å². The Morgan fingerprint density at radius 3 is 2.89 bits per heavy atom. The van der Waals surface area contributed by atoms with Gasteiger partial charge in [-0.3, -0.25) is 4.98 Å². The fraction of sp³-hybridized carbons (Fsp3) is 0.133. The zero-order valence-corrected chi connectivity index (χ0v) is 10.1. The van der Waals surface area contributed by atoms with Gasteiger partial charge in [-0.15, -0.1) is 0 Å². The minimum absolute atomic E-state index is 0.204. The molecule has 90 valence electrons. The van der Waals surface area contributed by atoms with Crippen molar-refractivity contribution >= 4 is 10.9 Å². The standard InChI is InChI=1S/C15H13FN2/c1-11-6-12(9-17-8-11)10-18-5-4-13-2-3-14(16)7-15(13)18/h2-9H,10H2,1H3. The van der Waals surface area contributed by atoms with Gasteiger partial charge < -0.3 is 4.57 Å². The highest BCUT2D eigenvalue weighted by atomic mass is 19.1. The van der Waals surface area contributed by atoms with Crippen LogP contribution >= 0.6 is 0 Å². The molecule has 0 atom stereocenters. The zero-order valence-electron chi connectivity index (χ0n) is 10.1. The van der Waals surface area contributed by atoms with Crippen LogP contribution in [0.15, 0.2) is 48.9 Å². The van der Waals surface area contributed by atoms with Crippen LogP contribution in [-0.4, -0.2) is 9.55 Å². The molecule has 3 rings (SSSR count). The van der Waals surface area contributed by atoms with Gasteiger partial charge in [0.2, 0.25) is 0 Å². The molecule has 2 heterocycles. The van der Waals surface area contributed by atoms with E-state index in [4.69, 9.17) is 0 Å². The summed E-state index contributed by atoms with van der Waals surface area (Å²) in [7, 11) is 0. The lowest BCUT2D eigenvalue weighted by atomic mass is 10.2. The van der Waals surface area contributed by atoms with Gasteiger partial charge in [-0.2, -0.15) is 0 Å². The van der Waals surface area contributed by atoms with Crippen LogP contribution in [0.2, 0.25) is 0 Å². The quantitative estimate of drug-likeness (QED) is 0.670. The van der Waals surface area contributed by atoms with Crippen LogP contribution in [0.5, 0.6) is 0 Å². The first-order chi connectivity index (χ1) is 8.72. The second-order valence-electron chi connectivity index (χ2n) is 4.52. The summed E-state index contributed by atoms with van der Waals surface area (Å²) in [4.78, 5) is 4.17. The fourth-order valence-corrected chi connectivity index (χ4v) is 2.20. The van der Waals surface area contributed by atoms with Crippen LogP contribution in [0.4, 0.5) is 4.39 Å². The van der Waals surface area contributed by atoms with E-state index in [1.54, 1.807) is 12.1 Å². The molecule has 1 aromatic carbocycles. The van der Waals surface area contributed by atoms with Gasteiger partial charge in [0.25, 0.3) is 0 Å². The number of rotatable bonds is 2. The maximum Gasteiger partial charge on any atom is 0.125 e. The van der Waals surface area contributed by atoms with Gasteiger partial charge in [0.05, 0.1) is 5.52 Å². The third-order valence-electron chi connectivity index (χ3n) is 3.02. The molecule has 0 amide bonds. The average molecular weight is 240 g/mol. The van der Waals surface area contributed by atoms with Crippen molar-refractivity contribution in [1.29, 1.82) is 0 Å². The maximum absolute atomic E-state index is 13.3. The summed E-state index contributed by atoms with van der Waals surface area (Å²) in [6.07, 6.45) is 5.65. The molecule has 0 aliphatic heterocycles. The van der Waals surface area contributed by atoms with E-state index in [-0.39, 0.29) is 5.82 Å². The van der Waals surface area contributed by atoms with Crippen molar-refractivity contribution in [3.63, 3.8) is 0 Å². The van der Waals surface area contributed by atoms with Crippen LogP contribution < -0.4 is 0 Å². The number of hydrogen-bond acceptors (Lipinski definition) is 1. The number of aryl methyl sites for hydroxylation is 1. The number of pyridine rings is 1. The smallest absolute Gasteiger partial charge is 0.125 e. The van der Waals surface area contributed by atoms with Crippen molar-refractivity contribution in [2.75, 3.05) is 0 Å². The van der Waals surface area contributed by atoms with Crippen molar-refractivity contribution < 1.29 is 4.39 Å². The molecule has 3 heteroatoms. The van der Waals surface area contributed by atoms with E-state index < -0.39 is 0 Å². The molecule has 3 aromatic rings. The molecule has 0 saturated carbocycles. The maximum atomic E-state index is 13.3. The number of halogens is 1. The molecule has 0 radical (unpaired) electrons. The van der Waals surface area contributed by atoms with Gasteiger partial charge in [0.15, 0.2) is 0 Å². The summed E-state index contributed by atoms with van der Waals surface area (Å²) in [6.45, 7) is 2.73. The summed E-state index contributed by atoms with van der Waals surface area (Å²) in [5.74, 6) is -0.204. The SMILES string of the molecule is Cc1cncc(Cn2ccc3ccc(F)cc32)c1. The van der Waals surface area contributed by atoms with Gasteiger partial charge in [-0.25, -0.2) is 4.39 Å². The zero-order chi connectivity index (χ0) is 12.5. The average Bonchev–Trinajstić information content (AvgIpc) is 2.72. The van der Waals surface area contributed by atoms with Crippen molar-refractivity contribution in [2.45, 2.75) is 13.5 Å². The number of nitrogens with zero attached hydrogens (tertiary/aromatic N) is 2. The van der Waals surface area contributed by atoms with Crippen LogP contribution in [0.25, 0.3) is 10.9 Å². The predicted molar refractivity (Wildman–Crippen MR) is 70.0 cm³/mol. The Morgan fingerprint density at radius 2 is 2.06 bits per heavy atom. The van der Waals surface area contributed by atoms with Crippen LogP contribution in [-0.2, 0) is 6.54 Å². The first kappa shape index (κ1) is 11.0. The van der Waals surface area contributed by atoms with Crippen LogP contribution in [0.1, 0.15) is 11.1 Å². The molecule has 0 fully saturated rings. The minimum atomic E-state index is -0.204. The number of hydrogen-bond donors (Lipinski definition) is 0. The van der Waals surface area contributed by atoms with Crippen molar-refractivity contribution in [3.8, 4) is 0 Å². The normalized spacial score (nSPS) is 11.0. The van der Waals surface area contributed by atoms with Crippen molar-refractivity contribution in [2.24, 2.45) is 0 Å². The second kappa shape index (κ2) is 4.26. The van der Waals surface area contributed by atoms with Gasteiger partial charge in [0, 0.05) is 25.1 Å². The molecule has 0 bridgehead atoms. The fourth-order valence-electron chi connectivity index (χ4n) is 2.20. The van der Waals surface area contributed by atoms with Crippen molar-refractivity contribution in [3.05, 3.63) is 65.9 Å². The molecule has 0 unspecified atom stereocenters. The molecular weight excluding hydrogens is 227 g/mol. The molecule has 2 nitrogen and oxygen atoms in total. The first-order valence-electron chi connectivity index (χ1n) is 5.87. The van der Waals surface area contributed by atoms with Gasteiger partial charge in [0.1, 0.15) is 5.82 Å². The topological polar surface area (TPSA) is 17.8 Å². The highest BCUT2D eigenvalue weighted by Crippen LogP contribution is 2.18. The lowest BCUT2D eigenvalue weighted by Gasteiger charge is -2.06. The van der Waals surface area contributed by atoms with Crippen LogP contribution in [0.3, 0.4) is 0 Å².